The van der Waals surface area contributed by atoms with Gasteiger partial charge in [-0.2, -0.15) is 0 Å². The minimum atomic E-state index is -3.23. The highest BCUT2D eigenvalue weighted by Gasteiger charge is 2.39. The van der Waals surface area contributed by atoms with Crippen LogP contribution >= 0.6 is 15.9 Å². The number of nitrogens with one attached hydrogen (secondary N) is 1. The van der Waals surface area contributed by atoms with E-state index in [1.165, 1.54) is 0 Å². The molecule has 19 heavy (non-hydrogen) atoms. The van der Waals surface area contributed by atoms with Crippen molar-refractivity contribution in [3.05, 3.63) is 0 Å². The third-order valence-corrected chi connectivity index (χ3v) is 7.59. The Morgan fingerprint density at radius 2 is 1.79 bits per heavy atom. The monoisotopic (exact) mass is 353 g/mol. The molecule has 0 aromatic heterocycles. The van der Waals surface area contributed by atoms with Crippen molar-refractivity contribution < 1.29 is 13.2 Å². The first-order chi connectivity index (χ1) is 8.97. The van der Waals surface area contributed by atoms with Crippen LogP contribution in [-0.4, -0.2) is 37.8 Å². The molecule has 1 aliphatic carbocycles. The van der Waals surface area contributed by atoms with E-state index >= 15 is 0 Å². The van der Waals surface area contributed by atoms with Gasteiger partial charge in [0.15, 0.2) is 0 Å². The maximum Gasteiger partial charge on any atom is 0.215 e. The second-order valence-corrected chi connectivity index (χ2v) is 8.58. The molecule has 0 atom stereocenters. The summed E-state index contributed by atoms with van der Waals surface area (Å²) in [5, 5.41) is 0.423. The highest BCUT2D eigenvalue weighted by molar-refractivity contribution is 9.09. The first-order valence-corrected chi connectivity index (χ1v) is 9.81. The van der Waals surface area contributed by atoms with E-state index in [-0.39, 0.29) is 10.8 Å². The smallest absolute Gasteiger partial charge is 0.215 e. The largest absolute Gasteiger partial charge is 0.381 e. The van der Waals surface area contributed by atoms with Crippen LogP contribution in [0.2, 0.25) is 0 Å². The highest BCUT2D eigenvalue weighted by atomic mass is 79.9. The Balaban J connectivity index is 2.04. The Kier molecular flexibility index (Phi) is 5.31. The van der Waals surface area contributed by atoms with Crippen LogP contribution in [0.1, 0.15) is 45.4 Å². The molecule has 2 fully saturated rings. The summed E-state index contributed by atoms with van der Waals surface area (Å²) in [6, 6.07) is 0. The summed E-state index contributed by atoms with van der Waals surface area (Å²) < 4.78 is 33.3. The van der Waals surface area contributed by atoms with Gasteiger partial charge in [0.25, 0.3) is 0 Å². The summed E-state index contributed by atoms with van der Waals surface area (Å²) in [6.45, 7) is 3.36. The van der Waals surface area contributed by atoms with Gasteiger partial charge in [-0.3, -0.25) is 0 Å². The molecule has 0 radical (unpaired) electrons. The van der Waals surface area contributed by atoms with Crippen LogP contribution in [0, 0.1) is 5.92 Å². The lowest BCUT2D eigenvalue weighted by Gasteiger charge is -2.39. The lowest BCUT2D eigenvalue weighted by atomic mass is 9.79. The maximum absolute atomic E-state index is 12.5. The fourth-order valence-electron chi connectivity index (χ4n) is 2.95. The van der Waals surface area contributed by atoms with Gasteiger partial charge in [0.1, 0.15) is 0 Å². The minimum Gasteiger partial charge on any atom is -0.381 e. The normalized spacial score (nSPS) is 34.3. The summed E-state index contributed by atoms with van der Waals surface area (Å²) in [5.41, 5.74) is -0.274. The van der Waals surface area contributed by atoms with Crippen LogP contribution < -0.4 is 4.72 Å². The van der Waals surface area contributed by atoms with Crippen LogP contribution in [0.5, 0.6) is 0 Å². The van der Waals surface area contributed by atoms with Crippen molar-refractivity contribution in [2.45, 2.75) is 56.2 Å². The second kappa shape index (κ2) is 6.41. The zero-order valence-corrected chi connectivity index (χ0v) is 13.9. The zero-order chi connectivity index (χ0) is 13.9. The van der Waals surface area contributed by atoms with E-state index in [2.05, 4.69) is 27.6 Å². The zero-order valence-electron chi connectivity index (χ0n) is 11.5. The molecule has 6 heteroatoms. The van der Waals surface area contributed by atoms with Crippen molar-refractivity contribution in [2.24, 2.45) is 5.92 Å². The van der Waals surface area contributed by atoms with Crippen molar-refractivity contribution in [1.82, 2.24) is 4.72 Å². The molecular formula is C13H24BrNO3S. The molecule has 1 N–H and O–H groups in total. The number of halogens is 1. The van der Waals surface area contributed by atoms with Crippen LogP contribution in [-0.2, 0) is 14.8 Å². The van der Waals surface area contributed by atoms with E-state index in [4.69, 9.17) is 4.74 Å². The lowest BCUT2D eigenvalue weighted by molar-refractivity contribution is 0.0977. The first-order valence-electron chi connectivity index (χ1n) is 7.14. The van der Waals surface area contributed by atoms with Crippen molar-refractivity contribution in [1.29, 1.82) is 0 Å². The number of rotatable bonds is 4. The van der Waals surface area contributed by atoms with E-state index in [1.54, 1.807) is 0 Å². The van der Waals surface area contributed by atoms with Crippen LogP contribution in [0.15, 0.2) is 0 Å². The van der Waals surface area contributed by atoms with Gasteiger partial charge in [-0.1, -0.05) is 22.9 Å². The predicted octanol–water partition coefficient (Wildman–Crippen LogP) is 2.43. The van der Waals surface area contributed by atoms with Gasteiger partial charge in [0, 0.05) is 24.1 Å². The van der Waals surface area contributed by atoms with E-state index in [0.29, 0.717) is 37.3 Å². The van der Waals surface area contributed by atoms with Gasteiger partial charge < -0.3 is 4.74 Å². The molecule has 0 amide bonds. The van der Waals surface area contributed by atoms with Gasteiger partial charge in [-0.15, -0.1) is 0 Å². The van der Waals surface area contributed by atoms with E-state index < -0.39 is 10.0 Å². The summed E-state index contributed by atoms with van der Waals surface area (Å²) in [7, 11) is -3.23. The fraction of sp³-hybridized carbons (Fsp3) is 1.00. The van der Waals surface area contributed by atoms with Crippen LogP contribution in [0.4, 0.5) is 0 Å². The summed E-state index contributed by atoms with van der Waals surface area (Å²) in [5.74, 6) is 0.708. The average molecular weight is 354 g/mol. The minimum absolute atomic E-state index is 0.274. The third kappa shape index (κ3) is 3.93. The fourth-order valence-corrected chi connectivity index (χ4v) is 5.70. The topological polar surface area (TPSA) is 55.4 Å². The number of alkyl halides is 1. The molecule has 0 aromatic carbocycles. The highest BCUT2D eigenvalue weighted by Crippen LogP contribution is 2.34. The van der Waals surface area contributed by atoms with Crippen molar-refractivity contribution in [2.75, 3.05) is 18.5 Å². The number of sulfonamides is 1. The molecule has 2 rings (SSSR count). The van der Waals surface area contributed by atoms with Crippen LogP contribution in [0.25, 0.3) is 0 Å². The lowest BCUT2D eigenvalue weighted by Crippen LogP contribution is -2.54. The van der Waals surface area contributed by atoms with E-state index in [0.717, 1.165) is 25.7 Å². The summed E-state index contributed by atoms with van der Waals surface area (Å²) in [4.78, 5) is 0. The Morgan fingerprint density at radius 1 is 1.21 bits per heavy atom. The Bertz CT molecular complexity index is 385. The van der Waals surface area contributed by atoms with Gasteiger partial charge in [-0.25, -0.2) is 13.1 Å². The Morgan fingerprint density at radius 3 is 2.32 bits per heavy atom. The quantitative estimate of drug-likeness (QED) is 0.789. The molecule has 0 bridgehead atoms. The molecule has 1 saturated heterocycles. The van der Waals surface area contributed by atoms with Crippen molar-refractivity contribution in [3.8, 4) is 0 Å². The molecule has 1 saturated carbocycles. The molecule has 1 heterocycles. The van der Waals surface area contributed by atoms with Crippen molar-refractivity contribution >= 4 is 26.0 Å². The van der Waals surface area contributed by atoms with Crippen molar-refractivity contribution in [3.63, 3.8) is 0 Å². The van der Waals surface area contributed by atoms with Gasteiger partial charge in [0.05, 0.1) is 5.25 Å². The Hall–Kier alpha value is 0.350. The van der Waals surface area contributed by atoms with E-state index in [9.17, 15) is 8.42 Å². The van der Waals surface area contributed by atoms with Gasteiger partial charge in [0.2, 0.25) is 10.0 Å². The molecular weight excluding hydrogens is 330 g/mol. The SMILES string of the molecule is CC1CCC(CBr)(NS(=O)(=O)C2CCOCC2)CC1. The summed E-state index contributed by atoms with van der Waals surface area (Å²) >= 11 is 3.51. The third-order valence-electron chi connectivity index (χ3n) is 4.45. The molecule has 0 spiro atoms. The number of hydrogen-bond donors (Lipinski definition) is 1. The van der Waals surface area contributed by atoms with Gasteiger partial charge in [-0.05, 0) is 44.4 Å². The number of hydrogen-bond acceptors (Lipinski definition) is 3. The maximum atomic E-state index is 12.5. The Labute approximate surface area is 124 Å². The standard InChI is InChI=1S/C13H24BrNO3S/c1-11-2-6-13(10-14,7-3-11)15-19(16,17)12-4-8-18-9-5-12/h11-12,15H,2-10H2,1H3. The molecule has 112 valence electrons. The molecule has 2 aliphatic rings. The molecule has 1 aliphatic heterocycles. The summed E-state index contributed by atoms with van der Waals surface area (Å²) in [6.07, 6.45) is 5.29. The molecule has 4 nitrogen and oxygen atoms in total. The average Bonchev–Trinajstić information content (AvgIpc) is 2.42. The molecule has 0 aromatic rings. The predicted molar refractivity (Wildman–Crippen MR) is 80.1 cm³/mol. The van der Waals surface area contributed by atoms with Crippen LogP contribution in [0.3, 0.4) is 0 Å². The van der Waals surface area contributed by atoms with E-state index in [1.807, 2.05) is 0 Å². The van der Waals surface area contributed by atoms with Gasteiger partial charge >= 0.3 is 0 Å². The second-order valence-electron chi connectivity index (χ2n) is 6.06. The number of ether oxygens (including phenoxy) is 1. The molecule has 0 unspecified atom stereocenters. The first kappa shape index (κ1) is 15.7.